The molecule has 5 nitrogen and oxygen atoms in total. The Labute approximate surface area is 178 Å². The molecule has 2 N–H and O–H groups in total. The van der Waals surface area contributed by atoms with Crippen LogP contribution in [-0.2, 0) is 13.1 Å². The second kappa shape index (κ2) is 11.6. The van der Waals surface area contributed by atoms with Crippen LogP contribution in [0.3, 0.4) is 0 Å². The van der Waals surface area contributed by atoms with Gasteiger partial charge in [0.05, 0.1) is 0 Å². The third-order valence-electron chi connectivity index (χ3n) is 5.12. The third kappa shape index (κ3) is 6.91. The van der Waals surface area contributed by atoms with Gasteiger partial charge in [-0.05, 0) is 42.8 Å². The molecule has 1 unspecified atom stereocenters. The normalized spacial score (nSPS) is 17.7. The van der Waals surface area contributed by atoms with Gasteiger partial charge in [0.1, 0.15) is 12.4 Å². The maximum Gasteiger partial charge on any atom is 0.191 e. The molecule has 29 heavy (non-hydrogen) atoms. The summed E-state index contributed by atoms with van der Waals surface area (Å²) in [6, 6.07) is 12.4. The van der Waals surface area contributed by atoms with Crippen molar-refractivity contribution in [3.8, 4) is 5.75 Å². The van der Waals surface area contributed by atoms with Crippen molar-refractivity contribution in [2.75, 3.05) is 33.3 Å². The van der Waals surface area contributed by atoms with Gasteiger partial charge < -0.3 is 15.4 Å². The fourth-order valence-corrected chi connectivity index (χ4v) is 4.41. The van der Waals surface area contributed by atoms with Crippen molar-refractivity contribution >= 4 is 17.3 Å². The third-order valence-corrected chi connectivity index (χ3v) is 5.98. The number of para-hydroxylation sites is 1. The Morgan fingerprint density at radius 1 is 1.31 bits per heavy atom. The molecule has 1 atom stereocenters. The van der Waals surface area contributed by atoms with Gasteiger partial charge in [0, 0.05) is 43.7 Å². The number of hydrogen-bond acceptors (Lipinski definition) is 4. The highest BCUT2D eigenvalue weighted by Gasteiger charge is 2.20. The molecule has 1 aromatic heterocycles. The van der Waals surface area contributed by atoms with Crippen molar-refractivity contribution in [2.45, 2.75) is 25.9 Å². The zero-order chi connectivity index (χ0) is 20.3. The standard InChI is InChI=1S/C23H32N4OS/c1-3-13-28-22-11-5-4-9-20(22)16-26-23(24-2)25-15-19-8-6-12-27(17-19)18-21-10-7-14-29-21/h3-5,7,9-11,14,19H,1,6,8,12-13,15-18H2,2H3,(H2,24,25,26). The van der Waals surface area contributed by atoms with Crippen molar-refractivity contribution in [1.82, 2.24) is 15.5 Å². The average molecular weight is 413 g/mol. The summed E-state index contributed by atoms with van der Waals surface area (Å²) in [5.41, 5.74) is 1.11. The maximum absolute atomic E-state index is 5.74. The van der Waals surface area contributed by atoms with E-state index in [4.69, 9.17) is 4.74 Å². The number of nitrogens with zero attached hydrogens (tertiary/aromatic N) is 2. The molecule has 156 valence electrons. The number of aliphatic imine (C=N–C) groups is 1. The minimum absolute atomic E-state index is 0.508. The topological polar surface area (TPSA) is 48.9 Å². The second-order valence-corrected chi connectivity index (χ2v) is 8.37. The first-order valence-corrected chi connectivity index (χ1v) is 11.2. The van der Waals surface area contributed by atoms with E-state index in [0.717, 1.165) is 36.9 Å². The van der Waals surface area contributed by atoms with E-state index in [1.807, 2.05) is 36.6 Å². The summed E-state index contributed by atoms with van der Waals surface area (Å²) in [6.07, 6.45) is 4.29. The van der Waals surface area contributed by atoms with Gasteiger partial charge in [-0.25, -0.2) is 0 Å². The molecule has 2 aromatic rings. The highest BCUT2D eigenvalue weighted by molar-refractivity contribution is 7.09. The summed E-state index contributed by atoms with van der Waals surface area (Å²) in [5.74, 6) is 2.36. The lowest BCUT2D eigenvalue weighted by Gasteiger charge is -2.32. The Morgan fingerprint density at radius 2 is 2.21 bits per heavy atom. The molecular formula is C23H32N4OS. The van der Waals surface area contributed by atoms with Crippen LogP contribution < -0.4 is 15.4 Å². The molecule has 1 saturated heterocycles. The predicted molar refractivity (Wildman–Crippen MR) is 123 cm³/mol. The summed E-state index contributed by atoms with van der Waals surface area (Å²) in [7, 11) is 1.82. The predicted octanol–water partition coefficient (Wildman–Crippen LogP) is 3.89. The quantitative estimate of drug-likeness (QED) is 0.373. The van der Waals surface area contributed by atoms with Gasteiger partial charge in [-0.3, -0.25) is 9.89 Å². The van der Waals surface area contributed by atoms with Crippen LogP contribution in [0.15, 0.2) is 59.4 Å². The number of thiophene rings is 1. The first kappa shape index (κ1) is 21.4. The van der Waals surface area contributed by atoms with Crippen LogP contribution in [-0.4, -0.2) is 44.1 Å². The average Bonchev–Trinajstić information content (AvgIpc) is 3.26. The van der Waals surface area contributed by atoms with Gasteiger partial charge in [-0.2, -0.15) is 0 Å². The molecule has 0 amide bonds. The van der Waals surface area contributed by atoms with Crippen LogP contribution in [0.5, 0.6) is 5.75 Å². The van der Waals surface area contributed by atoms with E-state index in [1.165, 1.54) is 24.3 Å². The number of hydrogen-bond donors (Lipinski definition) is 2. The van der Waals surface area contributed by atoms with Crippen LogP contribution in [0.2, 0.25) is 0 Å². The zero-order valence-corrected chi connectivity index (χ0v) is 18.1. The SMILES string of the molecule is C=CCOc1ccccc1CNC(=NC)NCC1CCCN(Cc2cccs2)C1. The molecular weight excluding hydrogens is 380 g/mol. The minimum Gasteiger partial charge on any atom is -0.489 e. The molecule has 0 spiro atoms. The lowest BCUT2D eigenvalue weighted by Crippen LogP contribution is -2.44. The fraction of sp³-hybridized carbons (Fsp3) is 0.435. The number of guanidine groups is 1. The molecule has 2 heterocycles. The van der Waals surface area contributed by atoms with E-state index in [0.29, 0.717) is 19.1 Å². The maximum atomic E-state index is 5.74. The molecule has 1 fully saturated rings. The van der Waals surface area contributed by atoms with E-state index in [9.17, 15) is 0 Å². The van der Waals surface area contributed by atoms with Crippen LogP contribution in [0.25, 0.3) is 0 Å². The molecule has 0 bridgehead atoms. The van der Waals surface area contributed by atoms with Crippen LogP contribution >= 0.6 is 11.3 Å². The summed E-state index contributed by atoms with van der Waals surface area (Å²) in [4.78, 5) is 8.41. The molecule has 0 aliphatic carbocycles. The molecule has 1 aromatic carbocycles. The molecule has 1 aliphatic rings. The van der Waals surface area contributed by atoms with E-state index >= 15 is 0 Å². The van der Waals surface area contributed by atoms with Crippen molar-refractivity contribution in [3.05, 3.63) is 64.9 Å². The monoisotopic (exact) mass is 412 g/mol. The van der Waals surface area contributed by atoms with E-state index in [1.54, 1.807) is 6.08 Å². The smallest absolute Gasteiger partial charge is 0.191 e. The summed E-state index contributed by atoms with van der Waals surface area (Å²) in [6.45, 7) is 9.24. The lowest BCUT2D eigenvalue weighted by molar-refractivity contribution is 0.169. The van der Waals surface area contributed by atoms with Crippen LogP contribution in [0.1, 0.15) is 23.3 Å². The van der Waals surface area contributed by atoms with Crippen LogP contribution in [0.4, 0.5) is 0 Å². The number of rotatable bonds is 9. The Hall–Kier alpha value is -2.31. The lowest BCUT2D eigenvalue weighted by atomic mass is 9.98. The summed E-state index contributed by atoms with van der Waals surface area (Å²) >= 11 is 1.85. The minimum atomic E-state index is 0.508. The van der Waals surface area contributed by atoms with E-state index in [-0.39, 0.29) is 0 Å². The first-order valence-electron chi connectivity index (χ1n) is 10.3. The largest absolute Gasteiger partial charge is 0.489 e. The Kier molecular flexibility index (Phi) is 8.58. The van der Waals surface area contributed by atoms with Gasteiger partial charge in [-0.15, -0.1) is 11.3 Å². The Morgan fingerprint density at radius 3 is 3.00 bits per heavy atom. The van der Waals surface area contributed by atoms with Gasteiger partial charge in [0.25, 0.3) is 0 Å². The number of ether oxygens (including phenoxy) is 1. The molecule has 0 radical (unpaired) electrons. The molecule has 3 rings (SSSR count). The highest BCUT2D eigenvalue weighted by Crippen LogP contribution is 2.20. The molecule has 0 saturated carbocycles. The van der Waals surface area contributed by atoms with Gasteiger partial charge in [0.15, 0.2) is 5.96 Å². The van der Waals surface area contributed by atoms with Crippen molar-refractivity contribution in [1.29, 1.82) is 0 Å². The van der Waals surface area contributed by atoms with Crippen LogP contribution in [0, 0.1) is 5.92 Å². The first-order chi connectivity index (χ1) is 14.3. The number of nitrogens with one attached hydrogen (secondary N) is 2. The number of likely N-dealkylation sites (tertiary alicyclic amines) is 1. The van der Waals surface area contributed by atoms with Crippen molar-refractivity contribution < 1.29 is 4.74 Å². The van der Waals surface area contributed by atoms with E-state index in [2.05, 4.69) is 50.7 Å². The number of benzene rings is 1. The van der Waals surface area contributed by atoms with Crippen molar-refractivity contribution in [3.63, 3.8) is 0 Å². The van der Waals surface area contributed by atoms with Gasteiger partial charge in [-0.1, -0.05) is 36.9 Å². The Balaban J connectivity index is 1.45. The van der Waals surface area contributed by atoms with Gasteiger partial charge >= 0.3 is 0 Å². The summed E-state index contributed by atoms with van der Waals surface area (Å²) in [5, 5.41) is 9.08. The molecule has 1 aliphatic heterocycles. The highest BCUT2D eigenvalue weighted by atomic mass is 32.1. The summed E-state index contributed by atoms with van der Waals surface area (Å²) < 4.78 is 5.74. The molecule has 6 heteroatoms. The second-order valence-electron chi connectivity index (χ2n) is 7.34. The van der Waals surface area contributed by atoms with Crippen molar-refractivity contribution in [2.24, 2.45) is 10.9 Å². The van der Waals surface area contributed by atoms with Gasteiger partial charge in [0.2, 0.25) is 0 Å². The Bertz CT molecular complexity index is 775. The fourth-order valence-electron chi connectivity index (χ4n) is 3.66. The zero-order valence-electron chi connectivity index (χ0n) is 17.3. The number of piperidine rings is 1. The van der Waals surface area contributed by atoms with E-state index < -0.39 is 0 Å².